The van der Waals surface area contributed by atoms with E-state index < -0.39 is 0 Å². The van der Waals surface area contributed by atoms with Crippen molar-refractivity contribution in [2.24, 2.45) is 17.6 Å². The molecule has 1 aliphatic carbocycles. The summed E-state index contributed by atoms with van der Waals surface area (Å²) < 4.78 is 5.04. The molecule has 0 bridgehead atoms. The molecule has 5 heteroatoms. The van der Waals surface area contributed by atoms with Crippen LogP contribution >= 0.6 is 0 Å². The highest BCUT2D eigenvalue weighted by molar-refractivity contribution is 5.79. The molecule has 1 amide bonds. The Morgan fingerprint density at radius 1 is 1.44 bits per heavy atom. The van der Waals surface area contributed by atoms with E-state index >= 15 is 0 Å². The normalized spacial score (nSPS) is 25.7. The first-order valence-corrected chi connectivity index (χ1v) is 6.81. The van der Waals surface area contributed by atoms with Crippen LogP contribution in [0.25, 0.3) is 0 Å². The van der Waals surface area contributed by atoms with Crippen molar-refractivity contribution < 1.29 is 14.6 Å². The fraction of sp³-hybridized carbons (Fsp3) is 0.923. The largest absolute Gasteiger partial charge is 0.396 e. The van der Waals surface area contributed by atoms with E-state index in [2.05, 4.69) is 5.32 Å². The maximum Gasteiger partial charge on any atom is 0.223 e. The molecule has 5 nitrogen and oxygen atoms in total. The van der Waals surface area contributed by atoms with Crippen molar-refractivity contribution in [3.63, 3.8) is 0 Å². The maximum atomic E-state index is 12.1. The van der Waals surface area contributed by atoms with Crippen LogP contribution in [0.1, 0.15) is 32.1 Å². The zero-order valence-corrected chi connectivity index (χ0v) is 11.2. The molecule has 1 unspecified atom stereocenters. The molecule has 1 rings (SSSR count). The van der Waals surface area contributed by atoms with Crippen LogP contribution in [0.4, 0.5) is 0 Å². The zero-order valence-electron chi connectivity index (χ0n) is 11.2. The molecule has 0 aromatic carbocycles. The van der Waals surface area contributed by atoms with Gasteiger partial charge in [0.15, 0.2) is 0 Å². The highest BCUT2D eigenvalue weighted by atomic mass is 16.5. The first-order valence-electron chi connectivity index (χ1n) is 6.81. The van der Waals surface area contributed by atoms with Gasteiger partial charge in [-0.3, -0.25) is 4.79 Å². The lowest BCUT2D eigenvalue weighted by Crippen LogP contribution is -2.43. The van der Waals surface area contributed by atoms with E-state index in [9.17, 15) is 4.79 Å². The smallest absolute Gasteiger partial charge is 0.223 e. The third-order valence-electron chi connectivity index (χ3n) is 3.74. The van der Waals surface area contributed by atoms with Crippen LogP contribution in [0.15, 0.2) is 0 Å². The number of ether oxygens (including phenoxy) is 1. The number of carbonyl (C=O) groups is 1. The van der Waals surface area contributed by atoms with Gasteiger partial charge < -0.3 is 20.9 Å². The van der Waals surface area contributed by atoms with Gasteiger partial charge in [-0.25, -0.2) is 0 Å². The van der Waals surface area contributed by atoms with Crippen LogP contribution in [-0.2, 0) is 9.53 Å². The molecule has 0 aliphatic heterocycles. The van der Waals surface area contributed by atoms with Gasteiger partial charge >= 0.3 is 0 Å². The van der Waals surface area contributed by atoms with Gasteiger partial charge in [-0.05, 0) is 44.6 Å². The number of hydrogen-bond donors (Lipinski definition) is 3. The van der Waals surface area contributed by atoms with Crippen LogP contribution in [0.2, 0.25) is 0 Å². The van der Waals surface area contributed by atoms with Crippen LogP contribution in [0.3, 0.4) is 0 Å². The minimum atomic E-state index is -0.0836. The highest BCUT2D eigenvalue weighted by Gasteiger charge is 2.26. The highest BCUT2D eigenvalue weighted by Crippen LogP contribution is 2.28. The van der Waals surface area contributed by atoms with Crippen LogP contribution in [-0.4, -0.2) is 43.9 Å². The van der Waals surface area contributed by atoms with Crippen molar-refractivity contribution in [2.45, 2.75) is 38.1 Å². The van der Waals surface area contributed by atoms with Gasteiger partial charge in [-0.2, -0.15) is 0 Å². The maximum absolute atomic E-state index is 12.1. The molecule has 0 spiro atoms. The molecular weight excluding hydrogens is 232 g/mol. The number of carbonyl (C=O) groups excluding carboxylic acids is 1. The van der Waals surface area contributed by atoms with E-state index in [4.69, 9.17) is 15.6 Å². The summed E-state index contributed by atoms with van der Waals surface area (Å²) >= 11 is 0. The van der Waals surface area contributed by atoms with E-state index in [1.807, 2.05) is 0 Å². The van der Waals surface area contributed by atoms with Crippen molar-refractivity contribution in [3.05, 3.63) is 0 Å². The monoisotopic (exact) mass is 258 g/mol. The second-order valence-corrected chi connectivity index (χ2v) is 5.13. The van der Waals surface area contributed by atoms with Crippen molar-refractivity contribution >= 4 is 5.91 Å². The Labute approximate surface area is 109 Å². The van der Waals surface area contributed by atoms with E-state index in [0.29, 0.717) is 18.9 Å². The minimum absolute atomic E-state index is 0.0637. The van der Waals surface area contributed by atoms with Gasteiger partial charge in [0, 0.05) is 19.6 Å². The number of rotatable bonds is 7. The summed E-state index contributed by atoms with van der Waals surface area (Å²) in [6.07, 6.45) is 4.48. The Kier molecular flexibility index (Phi) is 7.23. The summed E-state index contributed by atoms with van der Waals surface area (Å²) in [6, 6.07) is -0.0836. The van der Waals surface area contributed by atoms with Gasteiger partial charge in [-0.15, -0.1) is 0 Å². The molecular formula is C13H26N2O3. The summed E-state index contributed by atoms with van der Waals surface area (Å²) in [5.41, 5.74) is 5.64. The Hall–Kier alpha value is -0.650. The second kappa shape index (κ2) is 8.45. The molecule has 1 aliphatic rings. The Morgan fingerprint density at radius 3 is 2.61 bits per heavy atom. The summed E-state index contributed by atoms with van der Waals surface area (Å²) in [4.78, 5) is 12.1. The quantitative estimate of drug-likeness (QED) is 0.612. The summed E-state index contributed by atoms with van der Waals surface area (Å²) in [7, 11) is 1.60. The molecule has 1 saturated carbocycles. The number of amides is 1. The fourth-order valence-corrected chi connectivity index (χ4v) is 2.53. The Balaban J connectivity index is 2.35. The van der Waals surface area contributed by atoms with Crippen molar-refractivity contribution in [2.75, 3.05) is 26.9 Å². The average molecular weight is 258 g/mol. The van der Waals surface area contributed by atoms with Crippen LogP contribution in [0, 0.1) is 11.8 Å². The number of nitrogens with two attached hydrogens (primary N) is 1. The molecule has 0 heterocycles. The molecule has 0 saturated heterocycles. The standard InChI is InChI=1S/C13H26N2O3/c1-18-9-12(6-7-16)15-13(17)11-4-2-10(8-14)3-5-11/h10-12,16H,2-9,14H2,1H3,(H,15,17). The fourth-order valence-electron chi connectivity index (χ4n) is 2.53. The number of methoxy groups -OCH3 is 1. The Bertz CT molecular complexity index is 234. The van der Waals surface area contributed by atoms with Crippen molar-refractivity contribution in [3.8, 4) is 0 Å². The third-order valence-corrected chi connectivity index (χ3v) is 3.74. The lowest BCUT2D eigenvalue weighted by molar-refractivity contribution is -0.127. The van der Waals surface area contributed by atoms with Crippen molar-refractivity contribution in [1.82, 2.24) is 5.32 Å². The zero-order chi connectivity index (χ0) is 13.4. The van der Waals surface area contributed by atoms with Gasteiger partial charge in [0.1, 0.15) is 0 Å². The minimum Gasteiger partial charge on any atom is -0.396 e. The molecule has 18 heavy (non-hydrogen) atoms. The topological polar surface area (TPSA) is 84.6 Å². The van der Waals surface area contributed by atoms with Gasteiger partial charge in [-0.1, -0.05) is 0 Å². The lowest BCUT2D eigenvalue weighted by Gasteiger charge is -2.28. The summed E-state index contributed by atoms with van der Waals surface area (Å²) in [6.45, 7) is 1.24. The van der Waals surface area contributed by atoms with E-state index in [0.717, 1.165) is 32.2 Å². The average Bonchev–Trinajstić information content (AvgIpc) is 2.39. The van der Waals surface area contributed by atoms with E-state index in [1.54, 1.807) is 7.11 Å². The number of aliphatic hydroxyl groups excluding tert-OH is 1. The van der Waals surface area contributed by atoms with Gasteiger partial charge in [0.2, 0.25) is 5.91 Å². The van der Waals surface area contributed by atoms with Gasteiger partial charge in [0.05, 0.1) is 12.6 Å². The first-order chi connectivity index (χ1) is 8.71. The summed E-state index contributed by atoms with van der Waals surface area (Å²) in [5, 5.41) is 11.9. The van der Waals surface area contributed by atoms with E-state index in [-0.39, 0.29) is 24.5 Å². The van der Waals surface area contributed by atoms with Crippen LogP contribution < -0.4 is 11.1 Å². The van der Waals surface area contributed by atoms with Gasteiger partial charge in [0.25, 0.3) is 0 Å². The first kappa shape index (κ1) is 15.4. The molecule has 0 radical (unpaired) electrons. The third kappa shape index (κ3) is 4.92. The molecule has 0 aromatic rings. The molecule has 106 valence electrons. The predicted octanol–water partition coefficient (Wildman–Crippen LogP) is 0.265. The molecule has 1 atom stereocenters. The second-order valence-electron chi connectivity index (χ2n) is 5.13. The predicted molar refractivity (Wildman–Crippen MR) is 70.0 cm³/mol. The number of hydrogen-bond acceptors (Lipinski definition) is 4. The molecule has 1 fully saturated rings. The van der Waals surface area contributed by atoms with E-state index in [1.165, 1.54) is 0 Å². The lowest BCUT2D eigenvalue weighted by atomic mass is 9.81. The molecule has 0 aromatic heterocycles. The molecule has 4 N–H and O–H groups in total. The number of nitrogens with one attached hydrogen (secondary N) is 1. The van der Waals surface area contributed by atoms with Crippen molar-refractivity contribution in [1.29, 1.82) is 0 Å². The van der Waals surface area contributed by atoms with Crippen LogP contribution in [0.5, 0.6) is 0 Å². The SMILES string of the molecule is COCC(CCO)NC(=O)C1CCC(CN)CC1. The number of aliphatic hydroxyl groups is 1. The Morgan fingerprint density at radius 2 is 2.11 bits per heavy atom. The summed E-state index contributed by atoms with van der Waals surface area (Å²) in [5.74, 6) is 0.785.